The Labute approximate surface area is 181 Å². The van der Waals surface area contributed by atoms with Gasteiger partial charge in [0.25, 0.3) is 5.56 Å². The molecule has 0 N–H and O–H groups in total. The van der Waals surface area contributed by atoms with Crippen LogP contribution in [0.1, 0.15) is 40.8 Å². The molecule has 0 unspecified atom stereocenters. The molecule has 5 rings (SSSR count). The van der Waals surface area contributed by atoms with Gasteiger partial charge >= 0.3 is 0 Å². The Morgan fingerprint density at radius 1 is 1.23 bits per heavy atom. The fraction of sp³-hybridized carbons (Fsp3) is 0.364. The maximum Gasteiger partial charge on any atom is 0.262 e. The summed E-state index contributed by atoms with van der Waals surface area (Å²) < 4.78 is 2.72. The number of rotatable bonds is 4. The van der Waals surface area contributed by atoms with E-state index in [1.54, 1.807) is 33.6 Å². The fourth-order valence-electron chi connectivity index (χ4n) is 4.14. The number of hydrogen-bond donors (Lipinski definition) is 0. The van der Waals surface area contributed by atoms with Crippen molar-refractivity contribution >= 4 is 49.0 Å². The van der Waals surface area contributed by atoms with Crippen LogP contribution in [0, 0.1) is 13.8 Å². The average Bonchev–Trinajstić information content (AvgIpc) is 3.45. The van der Waals surface area contributed by atoms with Crippen molar-refractivity contribution in [2.24, 2.45) is 0 Å². The third-order valence-corrected chi connectivity index (χ3v) is 8.14. The van der Waals surface area contributed by atoms with E-state index in [0.717, 1.165) is 49.9 Å². The van der Waals surface area contributed by atoms with Crippen molar-refractivity contribution in [3.8, 4) is 0 Å². The lowest BCUT2D eigenvalue weighted by Crippen LogP contribution is -2.32. The molecule has 0 aliphatic carbocycles. The van der Waals surface area contributed by atoms with Crippen molar-refractivity contribution in [3.63, 3.8) is 0 Å². The molecule has 0 spiro atoms. The van der Waals surface area contributed by atoms with Crippen LogP contribution in [-0.4, -0.2) is 31.9 Å². The SMILES string of the molecule is Cc1sc2ncn(CCC(=O)N3CCC[C@@H]3c3nc4ccccc4s3)c(=O)c2c1C. The van der Waals surface area contributed by atoms with E-state index >= 15 is 0 Å². The highest BCUT2D eigenvalue weighted by molar-refractivity contribution is 7.19. The van der Waals surface area contributed by atoms with Crippen LogP contribution >= 0.6 is 22.7 Å². The van der Waals surface area contributed by atoms with E-state index in [4.69, 9.17) is 4.98 Å². The Hall–Kier alpha value is -2.58. The van der Waals surface area contributed by atoms with Crippen molar-refractivity contribution in [2.75, 3.05) is 6.54 Å². The monoisotopic (exact) mass is 438 g/mol. The van der Waals surface area contributed by atoms with Gasteiger partial charge in [0.15, 0.2) is 0 Å². The number of amides is 1. The van der Waals surface area contributed by atoms with Crippen molar-refractivity contribution in [3.05, 3.63) is 56.4 Å². The van der Waals surface area contributed by atoms with E-state index in [9.17, 15) is 9.59 Å². The molecular formula is C22H22N4O2S2. The number of likely N-dealkylation sites (tertiary alicyclic amines) is 1. The van der Waals surface area contributed by atoms with E-state index in [0.29, 0.717) is 11.9 Å². The fourth-order valence-corrected chi connectivity index (χ4v) is 6.25. The third kappa shape index (κ3) is 3.24. The second kappa shape index (κ2) is 7.59. The lowest BCUT2D eigenvalue weighted by atomic mass is 10.2. The predicted molar refractivity (Wildman–Crippen MR) is 121 cm³/mol. The van der Waals surface area contributed by atoms with Crippen LogP contribution in [0.4, 0.5) is 0 Å². The number of carbonyl (C=O) groups is 1. The molecule has 1 fully saturated rings. The summed E-state index contributed by atoms with van der Waals surface area (Å²) >= 11 is 3.21. The second-order valence-electron chi connectivity index (χ2n) is 7.72. The summed E-state index contributed by atoms with van der Waals surface area (Å²) in [6.07, 6.45) is 3.78. The predicted octanol–water partition coefficient (Wildman–Crippen LogP) is 4.44. The van der Waals surface area contributed by atoms with Crippen LogP contribution in [0.5, 0.6) is 0 Å². The first-order chi connectivity index (χ1) is 14.5. The van der Waals surface area contributed by atoms with Crippen molar-refractivity contribution in [1.29, 1.82) is 0 Å². The highest BCUT2D eigenvalue weighted by Crippen LogP contribution is 2.36. The first-order valence-corrected chi connectivity index (χ1v) is 11.8. The number of carbonyl (C=O) groups excluding carboxylic acids is 1. The van der Waals surface area contributed by atoms with Gasteiger partial charge in [0.1, 0.15) is 9.84 Å². The molecule has 0 bridgehead atoms. The van der Waals surface area contributed by atoms with Gasteiger partial charge in [-0.1, -0.05) is 12.1 Å². The van der Waals surface area contributed by atoms with E-state index < -0.39 is 0 Å². The minimum absolute atomic E-state index is 0.0361. The zero-order valence-electron chi connectivity index (χ0n) is 16.9. The number of benzene rings is 1. The summed E-state index contributed by atoms with van der Waals surface area (Å²) in [6, 6.07) is 8.12. The summed E-state index contributed by atoms with van der Waals surface area (Å²) in [6.45, 7) is 5.05. The first kappa shape index (κ1) is 19.4. The number of thiazole rings is 1. The second-order valence-corrected chi connectivity index (χ2v) is 9.99. The zero-order valence-corrected chi connectivity index (χ0v) is 18.6. The highest BCUT2D eigenvalue weighted by Gasteiger charge is 2.32. The number of para-hydroxylation sites is 1. The molecule has 154 valence electrons. The van der Waals surface area contributed by atoms with E-state index in [1.165, 1.54) is 0 Å². The first-order valence-electron chi connectivity index (χ1n) is 10.1. The Morgan fingerprint density at radius 3 is 2.90 bits per heavy atom. The topological polar surface area (TPSA) is 68.1 Å². The van der Waals surface area contributed by atoms with Crippen molar-refractivity contribution in [2.45, 2.75) is 45.7 Å². The van der Waals surface area contributed by atoms with Gasteiger partial charge < -0.3 is 4.90 Å². The molecule has 0 saturated carbocycles. The molecule has 8 heteroatoms. The van der Waals surface area contributed by atoms with Gasteiger partial charge in [-0.25, -0.2) is 9.97 Å². The minimum Gasteiger partial charge on any atom is -0.333 e. The van der Waals surface area contributed by atoms with Gasteiger partial charge in [0, 0.05) is 24.4 Å². The lowest BCUT2D eigenvalue weighted by Gasteiger charge is -2.23. The summed E-state index contributed by atoms with van der Waals surface area (Å²) in [4.78, 5) is 38.9. The molecular weight excluding hydrogens is 416 g/mol. The largest absolute Gasteiger partial charge is 0.333 e. The van der Waals surface area contributed by atoms with Crippen LogP contribution < -0.4 is 5.56 Å². The minimum atomic E-state index is -0.0567. The Balaban J connectivity index is 1.35. The number of nitrogens with zero attached hydrogens (tertiary/aromatic N) is 4. The number of aromatic nitrogens is 3. The van der Waals surface area contributed by atoms with Crippen LogP contribution in [0.15, 0.2) is 35.4 Å². The molecule has 0 radical (unpaired) electrons. The smallest absolute Gasteiger partial charge is 0.262 e. The number of aryl methyl sites for hydroxylation is 3. The Kier molecular flexibility index (Phi) is 4.91. The van der Waals surface area contributed by atoms with Crippen molar-refractivity contribution in [1.82, 2.24) is 19.4 Å². The normalized spacial score (nSPS) is 16.7. The number of hydrogen-bond acceptors (Lipinski definition) is 6. The standard InChI is InChI=1S/C22H22N4O2S2/c1-13-14(2)29-21-19(13)22(28)25(12-23-21)11-9-18(27)26-10-5-7-16(26)20-24-15-6-3-4-8-17(15)30-20/h3-4,6,8,12,16H,5,7,9-11H2,1-2H3/t16-/m1/s1. The molecule has 1 aliphatic rings. The van der Waals surface area contributed by atoms with Gasteiger partial charge in [-0.2, -0.15) is 0 Å². The van der Waals surface area contributed by atoms with E-state index in [1.807, 2.05) is 36.9 Å². The molecule has 1 aromatic carbocycles. The Morgan fingerprint density at radius 2 is 2.07 bits per heavy atom. The summed E-state index contributed by atoms with van der Waals surface area (Å²) in [5.74, 6) is 0.0713. The summed E-state index contributed by atoms with van der Waals surface area (Å²) in [5, 5.41) is 1.69. The van der Waals surface area contributed by atoms with Crippen molar-refractivity contribution < 1.29 is 4.79 Å². The van der Waals surface area contributed by atoms with Crippen LogP contribution in [0.3, 0.4) is 0 Å². The van der Waals surface area contributed by atoms with Gasteiger partial charge in [-0.15, -0.1) is 22.7 Å². The van der Waals surface area contributed by atoms with E-state index in [2.05, 4.69) is 11.1 Å². The van der Waals surface area contributed by atoms with Crippen LogP contribution in [0.25, 0.3) is 20.4 Å². The maximum absolute atomic E-state index is 13.0. The highest BCUT2D eigenvalue weighted by atomic mass is 32.1. The molecule has 1 saturated heterocycles. The van der Waals surface area contributed by atoms with Gasteiger partial charge in [0.2, 0.25) is 5.91 Å². The zero-order chi connectivity index (χ0) is 20.8. The molecule has 6 nitrogen and oxygen atoms in total. The number of fused-ring (bicyclic) bond motifs is 2. The number of thiophene rings is 1. The lowest BCUT2D eigenvalue weighted by molar-refractivity contribution is -0.132. The van der Waals surface area contributed by atoms with Gasteiger partial charge in [0.05, 0.1) is 28.0 Å². The van der Waals surface area contributed by atoms with Crippen LogP contribution in [0.2, 0.25) is 0 Å². The summed E-state index contributed by atoms with van der Waals surface area (Å²) in [5.41, 5.74) is 1.92. The maximum atomic E-state index is 13.0. The molecule has 1 amide bonds. The van der Waals surface area contributed by atoms with Gasteiger partial charge in [-0.3, -0.25) is 14.2 Å². The molecule has 30 heavy (non-hydrogen) atoms. The molecule has 4 heterocycles. The molecule has 1 atom stereocenters. The quantitative estimate of drug-likeness (QED) is 0.472. The Bertz CT molecular complexity index is 1290. The van der Waals surface area contributed by atoms with E-state index in [-0.39, 0.29) is 23.9 Å². The molecule has 1 aliphatic heterocycles. The third-order valence-electron chi connectivity index (χ3n) is 5.89. The van der Waals surface area contributed by atoms with Gasteiger partial charge in [-0.05, 0) is 44.4 Å². The molecule has 4 aromatic rings. The average molecular weight is 439 g/mol. The summed E-state index contributed by atoms with van der Waals surface area (Å²) in [7, 11) is 0. The van der Waals surface area contributed by atoms with Crippen LogP contribution in [-0.2, 0) is 11.3 Å². The molecule has 3 aromatic heterocycles.